The molecular weight excluding hydrogens is 289 g/mol. The van der Waals surface area contributed by atoms with Crippen molar-refractivity contribution < 1.29 is 13.2 Å². The first-order valence-electron chi connectivity index (χ1n) is 7.21. The normalized spacial score (nSPS) is 13.7. The number of fused-ring (bicyclic) bond motifs is 1. The van der Waals surface area contributed by atoms with Crippen molar-refractivity contribution in [2.45, 2.75) is 58.5 Å². The molecule has 2 aromatic rings. The van der Waals surface area contributed by atoms with E-state index in [1.807, 2.05) is 26.8 Å². The van der Waals surface area contributed by atoms with Crippen LogP contribution in [0.2, 0.25) is 0 Å². The Hall–Kier alpha value is -1.65. The lowest BCUT2D eigenvalue weighted by atomic mass is 9.85. The highest BCUT2D eigenvalue weighted by Crippen LogP contribution is 2.37. The molecular formula is C17H21F3N2. The fourth-order valence-electron chi connectivity index (χ4n) is 2.40. The summed E-state index contributed by atoms with van der Waals surface area (Å²) in [5.74, 6) is 0. The second kappa shape index (κ2) is 4.93. The highest BCUT2D eigenvalue weighted by atomic mass is 19.4. The zero-order chi connectivity index (χ0) is 16.9. The van der Waals surface area contributed by atoms with Gasteiger partial charge in [0.2, 0.25) is 0 Å². The van der Waals surface area contributed by atoms with E-state index in [0.29, 0.717) is 5.52 Å². The number of hydrogen-bond acceptors (Lipinski definition) is 2. The van der Waals surface area contributed by atoms with Gasteiger partial charge in [-0.05, 0) is 17.0 Å². The van der Waals surface area contributed by atoms with Gasteiger partial charge in [-0.3, -0.25) is 0 Å². The van der Waals surface area contributed by atoms with E-state index in [-0.39, 0.29) is 16.6 Å². The van der Waals surface area contributed by atoms with Crippen molar-refractivity contribution >= 4 is 11.0 Å². The number of rotatable bonds is 0. The number of para-hydroxylation sites is 1. The molecule has 0 atom stereocenters. The van der Waals surface area contributed by atoms with Crippen molar-refractivity contribution in [3.8, 4) is 0 Å². The van der Waals surface area contributed by atoms with Gasteiger partial charge >= 0.3 is 6.18 Å². The molecule has 1 aromatic heterocycles. The SMILES string of the molecule is CC(C)(C)c1nc2c(C(C)(C)C)cccc2nc1C(F)(F)F. The second-order valence-electron chi connectivity index (χ2n) is 7.59. The number of benzene rings is 1. The minimum atomic E-state index is -4.51. The molecule has 5 heteroatoms. The summed E-state index contributed by atoms with van der Waals surface area (Å²) >= 11 is 0. The predicted octanol–water partition coefficient (Wildman–Crippen LogP) is 5.24. The predicted molar refractivity (Wildman–Crippen MR) is 81.9 cm³/mol. The van der Waals surface area contributed by atoms with Gasteiger partial charge in [0, 0.05) is 5.41 Å². The lowest BCUT2D eigenvalue weighted by Crippen LogP contribution is -2.24. The molecule has 0 fully saturated rings. The summed E-state index contributed by atoms with van der Waals surface area (Å²) in [6.07, 6.45) is -4.51. The van der Waals surface area contributed by atoms with Crippen LogP contribution in [0.25, 0.3) is 11.0 Å². The molecule has 0 aliphatic carbocycles. The minimum Gasteiger partial charge on any atom is -0.248 e. The van der Waals surface area contributed by atoms with Crippen LogP contribution >= 0.6 is 0 Å². The van der Waals surface area contributed by atoms with E-state index in [1.54, 1.807) is 32.9 Å². The molecule has 1 aromatic carbocycles. The van der Waals surface area contributed by atoms with Crippen LogP contribution < -0.4 is 0 Å². The summed E-state index contributed by atoms with van der Waals surface area (Å²) in [5.41, 5.74) is -0.125. The quantitative estimate of drug-likeness (QED) is 0.664. The van der Waals surface area contributed by atoms with Crippen molar-refractivity contribution in [1.29, 1.82) is 0 Å². The van der Waals surface area contributed by atoms with Crippen LogP contribution in [0.15, 0.2) is 18.2 Å². The fourth-order valence-corrected chi connectivity index (χ4v) is 2.40. The van der Waals surface area contributed by atoms with Crippen molar-refractivity contribution in [2.24, 2.45) is 0 Å². The summed E-state index contributed by atoms with van der Waals surface area (Å²) in [4.78, 5) is 8.30. The standard InChI is InChI=1S/C17H21F3N2/c1-15(2,3)10-8-7-9-11-12(10)22-13(16(4,5)6)14(21-11)17(18,19)20/h7-9H,1-6H3. The number of hydrogen-bond donors (Lipinski definition) is 0. The third kappa shape index (κ3) is 3.08. The van der Waals surface area contributed by atoms with Crippen molar-refractivity contribution in [3.05, 3.63) is 35.2 Å². The van der Waals surface area contributed by atoms with Gasteiger partial charge in [-0.15, -0.1) is 0 Å². The van der Waals surface area contributed by atoms with Gasteiger partial charge in [0.15, 0.2) is 5.69 Å². The van der Waals surface area contributed by atoms with E-state index in [9.17, 15) is 13.2 Å². The van der Waals surface area contributed by atoms with E-state index >= 15 is 0 Å². The summed E-state index contributed by atoms with van der Waals surface area (Å²) < 4.78 is 40.0. The lowest BCUT2D eigenvalue weighted by Gasteiger charge is -2.25. The highest BCUT2D eigenvalue weighted by Gasteiger charge is 2.40. The number of alkyl halides is 3. The number of aromatic nitrogens is 2. The summed E-state index contributed by atoms with van der Waals surface area (Å²) in [7, 11) is 0. The average Bonchev–Trinajstić information content (AvgIpc) is 2.33. The lowest BCUT2D eigenvalue weighted by molar-refractivity contribution is -0.142. The monoisotopic (exact) mass is 310 g/mol. The van der Waals surface area contributed by atoms with E-state index in [2.05, 4.69) is 9.97 Å². The van der Waals surface area contributed by atoms with Crippen LogP contribution in [-0.2, 0) is 17.0 Å². The third-order valence-electron chi connectivity index (χ3n) is 3.48. The van der Waals surface area contributed by atoms with Crippen molar-refractivity contribution in [1.82, 2.24) is 9.97 Å². The molecule has 0 unspecified atom stereocenters. The second-order valence-corrected chi connectivity index (χ2v) is 7.59. The van der Waals surface area contributed by atoms with E-state index in [1.165, 1.54) is 0 Å². The topological polar surface area (TPSA) is 25.8 Å². The molecule has 2 rings (SSSR count). The van der Waals surface area contributed by atoms with E-state index in [4.69, 9.17) is 0 Å². The third-order valence-corrected chi connectivity index (χ3v) is 3.48. The van der Waals surface area contributed by atoms with Gasteiger partial charge in [-0.25, -0.2) is 9.97 Å². The summed E-state index contributed by atoms with van der Waals surface area (Å²) in [6, 6.07) is 5.21. The van der Waals surface area contributed by atoms with Crippen LogP contribution in [0.1, 0.15) is 58.5 Å². The van der Waals surface area contributed by atoms with Gasteiger partial charge in [0.05, 0.1) is 16.7 Å². The molecule has 0 radical (unpaired) electrons. The zero-order valence-corrected chi connectivity index (χ0v) is 13.8. The first-order chi connectivity index (χ1) is 9.82. The van der Waals surface area contributed by atoms with Gasteiger partial charge in [0.1, 0.15) is 0 Å². The molecule has 120 valence electrons. The number of nitrogens with zero attached hydrogens (tertiary/aromatic N) is 2. The summed E-state index contributed by atoms with van der Waals surface area (Å²) in [5, 5.41) is 0. The van der Waals surface area contributed by atoms with Crippen LogP contribution in [-0.4, -0.2) is 9.97 Å². The smallest absolute Gasteiger partial charge is 0.248 e. The molecule has 0 amide bonds. The maximum atomic E-state index is 13.3. The maximum Gasteiger partial charge on any atom is 0.435 e. The van der Waals surface area contributed by atoms with Crippen molar-refractivity contribution in [2.75, 3.05) is 0 Å². The molecule has 0 bridgehead atoms. The summed E-state index contributed by atoms with van der Waals surface area (Å²) in [6.45, 7) is 11.2. The Bertz CT molecular complexity index is 705. The highest BCUT2D eigenvalue weighted by molar-refractivity contribution is 5.79. The first kappa shape index (κ1) is 16.7. The molecule has 0 saturated carbocycles. The molecule has 2 nitrogen and oxygen atoms in total. The van der Waals surface area contributed by atoms with Crippen LogP contribution in [0.5, 0.6) is 0 Å². The average molecular weight is 310 g/mol. The number of halogens is 3. The molecule has 0 saturated heterocycles. The first-order valence-corrected chi connectivity index (χ1v) is 7.21. The van der Waals surface area contributed by atoms with Crippen LogP contribution in [0.4, 0.5) is 13.2 Å². The molecule has 0 spiro atoms. The molecule has 1 heterocycles. The largest absolute Gasteiger partial charge is 0.435 e. The van der Waals surface area contributed by atoms with Gasteiger partial charge in [0.25, 0.3) is 0 Å². The molecule has 0 N–H and O–H groups in total. The molecule has 22 heavy (non-hydrogen) atoms. The van der Waals surface area contributed by atoms with E-state index in [0.717, 1.165) is 5.56 Å². The molecule has 0 aliphatic heterocycles. The Labute approximate surface area is 128 Å². The Morgan fingerprint density at radius 1 is 0.773 bits per heavy atom. The zero-order valence-electron chi connectivity index (χ0n) is 13.8. The van der Waals surface area contributed by atoms with Crippen LogP contribution in [0, 0.1) is 0 Å². The molecule has 0 aliphatic rings. The Kier molecular flexibility index (Phi) is 3.75. The minimum absolute atomic E-state index is 0.01000. The van der Waals surface area contributed by atoms with E-state index < -0.39 is 17.3 Å². The van der Waals surface area contributed by atoms with Crippen LogP contribution in [0.3, 0.4) is 0 Å². The fraction of sp³-hybridized carbons (Fsp3) is 0.529. The Morgan fingerprint density at radius 3 is 1.82 bits per heavy atom. The Morgan fingerprint density at radius 2 is 1.36 bits per heavy atom. The van der Waals surface area contributed by atoms with Gasteiger partial charge in [-0.2, -0.15) is 13.2 Å². The Balaban J connectivity index is 2.91. The van der Waals surface area contributed by atoms with Crippen molar-refractivity contribution in [3.63, 3.8) is 0 Å². The maximum absolute atomic E-state index is 13.3. The van der Waals surface area contributed by atoms with Gasteiger partial charge < -0.3 is 0 Å². The van der Waals surface area contributed by atoms with Gasteiger partial charge in [-0.1, -0.05) is 53.7 Å².